The Morgan fingerprint density at radius 1 is 1.10 bits per heavy atom. The molecule has 0 N–H and O–H groups in total. The molecule has 1 fully saturated rings. The van der Waals surface area contributed by atoms with Gasteiger partial charge in [-0.15, -0.1) is 0 Å². The molecule has 0 bridgehead atoms. The van der Waals surface area contributed by atoms with Crippen LogP contribution in [0.2, 0.25) is 10.0 Å². The van der Waals surface area contributed by atoms with Crippen LogP contribution in [0, 0.1) is 6.92 Å². The van der Waals surface area contributed by atoms with Gasteiger partial charge in [0.1, 0.15) is 12.4 Å². The van der Waals surface area contributed by atoms with Crippen molar-refractivity contribution in [2.45, 2.75) is 26.7 Å². The standard InChI is InChI=1S/C22H21Cl2NO3S/c1-13(2)16-6-4-14(3)10-19(16)28-9-8-25-21(26)20(29-22(25)27)12-15-5-7-17(23)18(24)11-15/h4-7,10-13H,8-9H2,1-3H3/b20-12-. The van der Waals surface area contributed by atoms with Crippen molar-refractivity contribution < 1.29 is 14.3 Å². The maximum Gasteiger partial charge on any atom is 0.293 e. The molecule has 0 radical (unpaired) electrons. The zero-order valence-corrected chi connectivity index (χ0v) is 18.7. The van der Waals surface area contributed by atoms with Crippen molar-refractivity contribution in [2.24, 2.45) is 0 Å². The van der Waals surface area contributed by atoms with E-state index in [-0.39, 0.29) is 24.3 Å². The smallest absolute Gasteiger partial charge is 0.293 e. The summed E-state index contributed by atoms with van der Waals surface area (Å²) in [5.74, 6) is 0.776. The summed E-state index contributed by atoms with van der Waals surface area (Å²) in [4.78, 5) is 26.5. The molecule has 0 aliphatic carbocycles. The Morgan fingerprint density at radius 3 is 2.55 bits per heavy atom. The van der Waals surface area contributed by atoms with Crippen LogP contribution in [0.5, 0.6) is 5.75 Å². The van der Waals surface area contributed by atoms with Crippen molar-refractivity contribution >= 4 is 52.2 Å². The Hall–Kier alpha value is -1.95. The molecule has 1 aliphatic rings. The van der Waals surface area contributed by atoms with E-state index in [0.29, 0.717) is 26.4 Å². The molecule has 0 unspecified atom stereocenters. The Morgan fingerprint density at radius 2 is 1.86 bits per heavy atom. The fourth-order valence-corrected chi connectivity index (χ4v) is 4.11. The van der Waals surface area contributed by atoms with Gasteiger partial charge in [0.05, 0.1) is 21.5 Å². The van der Waals surface area contributed by atoms with Crippen molar-refractivity contribution in [3.63, 3.8) is 0 Å². The zero-order chi connectivity index (χ0) is 21.1. The fourth-order valence-electron chi connectivity index (χ4n) is 2.94. The van der Waals surface area contributed by atoms with Crippen LogP contribution in [-0.2, 0) is 4.79 Å². The topological polar surface area (TPSA) is 46.6 Å². The molecular weight excluding hydrogens is 429 g/mol. The Labute approximate surface area is 184 Å². The van der Waals surface area contributed by atoms with Crippen LogP contribution in [0.3, 0.4) is 0 Å². The Bertz CT molecular complexity index is 988. The average Bonchev–Trinajstić information content (AvgIpc) is 2.92. The normalized spacial score (nSPS) is 15.7. The highest BCUT2D eigenvalue weighted by Gasteiger charge is 2.34. The number of rotatable bonds is 6. The van der Waals surface area contributed by atoms with E-state index >= 15 is 0 Å². The number of nitrogens with zero attached hydrogens (tertiary/aromatic N) is 1. The number of carbonyl (C=O) groups is 2. The summed E-state index contributed by atoms with van der Waals surface area (Å²) in [5.41, 5.74) is 2.91. The van der Waals surface area contributed by atoms with Crippen molar-refractivity contribution in [3.8, 4) is 5.75 Å². The first kappa shape index (κ1) is 21.8. The first-order valence-corrected chi connectivity index (χ1v) is 10.8. The molecule has 1 aliphatic heterocycles. The first-order valence-electron chi connectivity index (χ1n) is 9.20. The lowest BCUT2D eigenvalue weighted by Gasteiger charge is -2.17. The van der Waals surface area contributed by atoms with Gasteiger partial charge in [-0.05, 0) is 65.6 Å². The fraction of sp³-hybridized carbons (Fsp3) is 0.273. The molecule has 2 amide bonds. The van der Waals surface area contributed by atoms with Gasteiger partial charge in [-0.1, -0.05) is 55.2 Å². The van der Waals surface area contributed by atoms with Gasteiger partial charge in [-0.3, -0.25) is 14.5 Å². The summed E-state index contributed by atoms with van der Waals surface area (Å²) in [6.07, 6.45) is 1.64. The van der Waals surface area contributed by atoms with Gasteiger partial charge in [-0.25, -0.2) is 0 Å². The minimum Gasteiger partial charge on any atom is -0.491 e. The van der Waals surface area contributed by atoms with Gasteiger partial charge in [-0.2, -0.15) is 0 Å². The van der Waals surface area contributed by atoms with Crippen LogP contribution >= 0.6 is 35.0 Å². The third kappa shape index (κ3) is 5.16. The number of hydrogen-bond donors (Lipinski definition) is 0. The third-order valence-corrected chi connectivity index (χ3v) is 6.12. The van der Waals surface area contributed by atoms with E-state index in [1.165, 1.54) is 4.90 Å². The molecule has 3 rings (SSSR count). The molecule has 0 saturated carbocycles. The average molecular weight is 450 g/mol. The second-order valence-electron chi connectivity index (χ2n) is 7.05. The molecule has 29 heavy (non-hydrogen) atoms. The van der Waals surface area contributed by atoms with Crippen molar-refractivity contribution in [2.75, 3.05) is 13.2 Å². The summed E-state index contributed by atoms with van der Waals surface area (Å²) in [6.45, 7) is 6.63. The van der Waals surface area contributed by atoms with Gasteiger partial charge in [0.2, 0.25) is 0 Å². The third-order valence-electron chi connectivity index (χ3n) is 4.48. The number of halogens is 2. The van der Waals surface area contributed by atoms with Crippen LogP contribution in [0.4, 0.5) is 4.79 Å². The van der Waals surface area contributed by atoms with E-state index in [1.807, 2.05) is 19.1 Å². The van der Waals surface area contributed by atoms with Crippen molar-refractivity contribution in [1.82, 2.24) is 4.90 Å². The van der Waals surface area contributed by atoms with Gasteiger partial charge < -0.3 is 4.74 Å². The van der Waals surface area contributed by atoms with Gasteiger partial charge in [0.15, 0.2) is 0 Å². The molecule has 4 nitrogen and oxygen atoms in total. The van der Waals surface area contributed by atoms with Crippen LogP contribution in [0.1, 0.15) is 36.5 Å². The van der Waals surface area contributed by atoms with Gasteiger partial charge in [0, 0.05) is 0 Å². The van der Waals surface area contributed by atoms with Crippen LogP contribution < -0.4 is 4.74 Å². The number of imide groups is 1. The van der Waals surface area contributed by atoms with E-state index in [0.717, 1.165) is 28.6 Å². The van der Waals surface area contributed by atoms with Crippen molar-refractivity contribution in [3.05, 3.63) is 68.0 Å². The minimum absolute atomic E-state index is 0.189. The lowest BCUT2D eigenvalue weighted by Crippen LogP contribution is -2.32. The lowest BCUT2D eigenvalue weighted by molar-refractivity contribution is -0.123. The predicted octanol–water partition coefficient (Wildman–Crippen LogP) is 6.54. The molecule has 2 aromatic carbocycles. The highest BCUT2D eigenvalue weighted by molar-refractivity contribution is 8.18. The predicted molar refractivity (Wildman–Crippen MR) is 120 cm³/mol. The summed E-state index contributed by atoms with van der Waals surface area (Å²) >= 11 is 12.8. The van der Waals surface area contributed by atoms with Crippen LogP contribution in [0.15, 0.2) is 41.3 Å². The maximum absolute atomic E-state index is 12.6. The lowest BCUT2D eigenvalue weighted by atomic mass is 10.0. The minimum atomic E-state index is -0.331. The van der Waals surface area contributed by atoms with E-state index in [4.69, 9.17) is 27.9 Å². The summed E-state index contributed by atoms with van der Waals surface area (Å²) in [7, 11) is 0. The molecular formula is C22H21Cl2NO3S. The first-order chi connectivity index (χ1) is 13.8. The summed E-state index contributed by atoms with van der Waals surface area (Å²) in [5, 5.41) is 0.524. The maximum atomic E-state index is 12.6. The van der Waals surface area contributed by atoms with Crippen molar-refractivity contribution in [1.29, 1.82) is 0 Å². The SMILES string of the molecule is Cc1ccc(C(C)C)c(OCCN2C(=O)S/C(=C\c3ccc(Cl)c(Cl)c3)C2=O)c1. The van der Waals surface area contributed by atoms with Gasteiger partial charge >= 0.3 is 0 Å². The monoisotopic (exact) mass is 449 g/mol. The van der Waals surface area contributed by atoms with Crippen LogP contribution in [0.25, 0.3) is 6.08 Å². The summed E-state index contributed by atoms with van der Waals surface area (Å²) < 4.78 is 5.91. The molecule has 1 saturated heterocycles. The van der Waals surface area contributed by atoms with Gasteiger partial charge in [0.25, 0.3) is 11.1 Å². The number of carbonyl (C=O) groups excluding carboxylic acids is 2. The Balaban J connectivity index is 1.67. The number of thioether (sulfide) groups is 1. The molecule has 152 valence electrons. The highest BCUT2D eigenvalue weighted by Crippen LogP contribution is 2.33. The molecule has 0 aromatic heterocycles. The quantitative estimate of drug-likeness (QED) is 0.469. The molecule has 1 heterocycles. The Kier molecular flexibility index (Phi) is 6.93. The second-order valence-corrected chi connectivity index (χ2v) is 8.86. The van der Waals surface area contributed by atoms with E-state index in [9.17, 15) is 9.59 Å². The number of ether oxygens (including phenoxy) is 1. The highest BCUT2D eigenvalue weighted by atomic mass is 35.5. The van der Waals surface area contributed by atoms with E-state index in [1.54, 1.807) is 24.3 Å². The number of aryl methyl sites for hydroxylation is 1. The number of hydrogen-bond acceptors (Lipinski definition) is 4. The second kappa shape index (κ2) is 9.24. The number of benzene rings is 2. The van der Waals surface area contributed by atoms with E-state index < -0.39 is 0 Å². The number of amides is 2. The molecule has 2 aromatic rings. The molecule has 0 atom stereocenters. The van der Waals surface area contributed by atoms with E-state index in [2.05, 4.69) is 19.9 Å². The summed E-state index contributed by atoms with van der Waals surface area (Å²) in [6, 6.07) is 11.1. The largest absolute Gasteiger partial charge is 0.491 e. The van der Waals surface area contributed by atoms with Crippen LogP contribution in [-0.4, -0.2) is 29.2 Å². The molecule has 7 heteroatoms. The molecule has 0 spiro atoms. The zero-order valence-electron chi connectivity index (χ0n) is 16.4.